The molecule has 1 amide bonds. The van der Waals surface area contributed by atoms with Crippen molar-refractivity contribution < 1.29 is 9.53 Å². The lowest BCUT2D eigenvalue weighted by atomic mass is 9.72. The van der Waals surface area contributed by atoms with Crippen LogP contribution < -0.4 is 10.6 Å². The minimum Gasteiger partial charge on any atom is -0.376 e. The van der Waals surface area contributed by atoms with E-state index in [0.717, 1.165) is 70.7 Å². The number of hydrogen-bond donors (Lipinski definition) is 1. The Hall–Kier alpha value is -1.89. The number of nitrogens with zero attached hydrogens (tertiary/aromatic N) is 4. The average Bonchev–Trinajstić information content (AvgIpc) is 3.12. The molecule has 0 radical (unpaired) electrons. The summed E-state index contributed by atoms with van der Waals surface area (Å²) in [5.41, 5.74) is 5.96. The molecule has 7 nitrogen and oxygen atoms in total. The van der Waals surface area contributed by atoms with Gasteiger partial charge in [-0.3, -0.25) is 4.79 Å². The summed E-state index contributed by atoms with van der Waals surface area (Å²) >= 11 is 0. The number of likely N-dealkylation sites (tertiary alicyclic amines) is 1. The zero-order valence-corrected chi connectivity index (χ0v) is 14.7. The van der Waals surface area contributed by atoms with Crippen molar-refractivity contribution in [2.45, 2.75) is 44.6 Å². The minimum absolute atomic E-state index is 0.239. The van der Waals surface area contributed by atoms with Gasteiger partial charge in [-0.1, -0.05) is 0 Å². The Labute approximate surface area is 148 Å². The highest BCUT2D eigenvalue weighted by Gasteiger charge is 2.41. The van der Waals surface area contributed by atoms with E-state index in [0.29, 0.717) is 18.3 Å². The Morgan fingerprint density at radius 2 is 2.16 bits per heavy atom. The van der Waals surface area contributed by atoms with E-state index in [9.17, 15) is 4.79 Å². The highest BCUT2D eigenvalue weighted by atomic mass is 16.5. The summed E-state index contributed by atoms with van der Waals surface area (Å²) in [5.74, 6) is 1.53. The van der Waals surface area contributed by atoms with E-state index >= 15 is 0 Å². The molecule has 0 bridgehead atoms. The van der Waals surface area contributed by atoms with Gasteiger partial charge >= 0.3 is 0 Å². The average molecular weight is 345 g/mol. The first-order valence-electron chi connectivity index (χ1n) is 9.36. The van der Waals surface area contributed by atoms with Crippen LogP contribution in [0.15, 0.2) is 12.3 Å². The number of anilines is 2. The van der Waals surface area contributed by atoms with Crippen molar-refractivity contribution in [2.24, 2.45) is 5.41 Å². The predicted molar refractivity (Wildman–Crippen MR) is 95.1 cm³/mol. The molecule has 0 aromatic carbocycles. The molecule has 4 heterocycles. The Kier molecular flexibility index (Phi) is 4.50. The molecule has 7 heteroatoms. The summed E-state index contributed by atoms with van der Waals surface area (Å²) in [6, 6.07) is 1.92. The van der Waals surface area contributed by atoms with Gasteiger partial charge in [-0.2, -0.15) is 4.98 Å². The van der Waals surface area contributed by atoms with Crippen molar-refractivity contribution in [3.05, 3.63) is 12.3 Å². The van der Waals surface area contributed by atoms with Gasteiger partial charge in [0, 0.05) is 45.4 Å². The van der Waals surface area contributed by atoms with E-state index < -0.39 is 0 Å². The number of carbonyl (C=O) groups excluding carboxylic acids is 1. The number of ether oxygens (including phenoxy) is 1. The van der Waals surface area contributed by atoms with Crippen molar-refractivity contribution in [2.75, 3.05) is 43.4 Å². The van der Waals surface area contributed by atoms with Crippen LogP contribution >= 0.6 is 0 Å². The first-order chi connectivity index (χ1) is 12.1. The number of piperidine rings is 2. The molecular weight excluding hydrogens is 318 g/mol. The Bertz CT molecular complexity index is 624. The van der Waals surface area contributed by atoms with Crippen LogP contribution in [0, 0.1) is 5.41 Å². The van der Waals surface area contributed by atoms with E-state index in [4.69, 9.17) is 10.5 Å². The Morgan fingerprint density at radius 1 is 1.32 bits per heavy atom. The van der Waals surface area contributed by atoms with Crippen molar-refractivity contribution in [3.8, 4) is 0 Å². The van der Waals surface area contributed by atoms with Crippen molar-refractivity contribution in [3.63, 3.8) is 0 Å². The number of aromatic nitrogens is 2. The zero-order chi connectivity index (χ0) is 17.3. The second-order valence-corrected chi connectivity index (χ2v) is 7.67. The normalized spacial score (nSPS) is 26.4. The van der Waals surface area contributed by atoms with E-state index in [1.807, 2.05) is 6.07 Å². The molecule has 25 heavy (non-hydrogen) atoms. The molecule has 3 aliphatic rings. The fourth-order valence-corrected chi connectivity index (χ4v) is 4.46. The predicted octanol–water partition coefficient (Wildman–Crippen LogP) is 1.45. The first kappa shape index (κ1) is 16.6. The summed E-state index contributed by atoms with van der Waals surface area (Å²) < 4.78 is 5.74. The quantitative estimate of drug-likeness (QED) is 0.892. The smallest absolute Gasteiger partial charge is 0.222 e. The van der Waals surface area contributed by atoms with Gasteiger partial charge in [0.25, 0.3) is 0 Å². The Balaban J connectivity index is 1.38. The van der Waals surface area contributed by atoms with E-state index in [1.54, 1.807) is 6.20 Å². The second-order valence-electron chi connectivity index (χ2n) is 7.67. The van der Waals surface area contributed by atoms with Gasteiger partial charge in [0.05, 0.1) is 6.10 Å². The van der Waals surface area contributed by atoms with Crippen LogP contribution in [0.2, 0.25) is 0 Å². The lowest BCUT2D eigenvalue weighted by Crippen LogP contribution is -2.53. The SMILES string of the molecule is Nc1nccc(N2CCC3(CCC(=O)N(C[C@@H]4CCCO4)C3)CC2)n1. The van der Waals surface area contributed by atoms with Crippen molar-refractivity contribution in [1.29, 1.82) is 0 Å². The Morgan fingerprint density at radius 3 is 2.88 bits per heavy atom. The molecule has 0 aliphatic carbocycles. The molecule has 136 valence electrons. The first-order valence-corrected chi connectivity index (χ1v) is 9.36. The number of rotatable bonds is 3. The van der Waals surface area contributed by atoms with E-state index in [-0.39, 0.29) is 11.5 Å². The van der Waals surface area contributed by atoms with Gasteiger partial charge < -0.3 is 20.3 Å². The third kappa shape index (κ3) is 3.56. The van der Waals surface area contributed by atoms with Crippen LogP contribution in [0.5, 0.6) is 0 Å². The number of hydrogen-bond acceptors (Lipinski definition) is 6. The third-order valence-corrected chi connectivity index (χ3v) is 6.00. The highest BCUT2D eigenvalue weighted by Crippen LogP contribution is 2.41. The van der Waals surface area contributed by atoms with Gasteiger partial charge in [-0.15, -0.1) is 0 Å². The molecule has 3 fully saturated rings. The molecular formula is C18H27N5O2. The molecule has 4 rings (SSSR count). The van der Waals surface area contributed by atoms with E-state index in [2.05, 4.69) is 19.8 Å². The standard InChI is InChI=1S/C18H27N5O2/c19-17-20-8-4-15(21-17)22-9-6-18(7-10-22)5-3-16(24)23(13-18)12-14-2-1-11-25-14/h4,8,14H,1-3,5-7,9-13H2,(H2,19,20,21)/t14-/m0/s1. The number of carbonyl (C=O) groups is 1. The van der Waals surface area contributed by atoms with Gasteiger partial charge in [0.15, 0.2) is 0 Å². The van der Waals surface area contributed by atoms with Crippen LogP contribution in [-0.2, 0) is 9.53 Å². The number of nitrogen functional groups attached to an aromatic ring is 1. The molecule has 3 aliphatic heterocycles. The maximum absolute atomic E-state index is 12.4. The topological polar surface area (TPSA) is 84.6 Å². The molecule has 1 spiro atoms. The molecule has 2 N–H and O–H groups in total. The van der Waals surface area contributed by atoms with Crippen LogP contribution in [-0.4, -0.2) is 59.7 Å². The summed E-state index contributed by atoms with van der Waals surface area (Å²) in [4.78, 5) is 25.0. The lowest BCUT2D eigenvalue weighted by molar-refractivity contribution is -0.140. The van der Waals surface area contributed by atoms with Gasteiger partial charge in [-0.05, 0) is 43.6 Å². The van der Waals surface area contributed by atoms with Crippen LogP contribution in [0.1, 0.15) is 38.5 Å². The minimum atomic E-state index is 0.239. The molecule has 3 saturated heterocycles. The fourth-order valence-electron chi connectivity index (χ4n) is 4.46. The van der Waals surface area contributed by atoms with Crippen molar-refractivity contribution >= 4 is 17.7 Å². The zero-order valence-electron chi connectivity index (χ0n) is 14.7. The van der Waals surface area contributed by atoms with Crippen molar-refractivity contribution in [1.82, 2.24) is 14.9 Å². The maximum Gasteiger partial charge on any atom is 0.222 e. The van der Waals surface area contributed by atoms with Gasteiger partial charge in [-0.25, -0.2) is 4.98 Å². The summed E-state index contributed by atoms with van der Waals surface area (Å²) in [6.45, 7) is 4.41. The molecule has 1 aromatic rings. The largest absolute Gasteiger partial charge is 0.376 e. The summed E-state index contributed by atoms with van der Waals surface area (Å²) in [6.07, 6.45) is 8.02. The number of nitrogens with two attached hydrogens (primary N) is 1. The fraction of sp³-hybridized carbons (Fsp3) is 0.722. The van der Waals surface area contributed by atoms with E-state index in [1.165, 1.54) is 0 Å². The molecule has 1 aromatic heterocycles. The van der Waals surface area contributed by atoms with Crippen LogP contribution in [0.4, 0.5) is 11.8 Å². The third-order valence-electron chi connectivity index (χ3n) is 6.00. The summed E-state index contributed by atoms with van der Waals surface area (Å²) in [5, 5.41) is 0. The second kappa shape index (κ2) is 6.78. The van der Waals surface area contributed by atoms with Gasteiger partial charge in [0.2, 0.25) is 11.9 Å². The van der Waals surface area contributed by atoms with Crippen LogP contribution in [0.3, 0.4) is 0 Å². The number of amides is 1. The molecule has 0 saturated carbocycles. The van der Waals surface area contributed by atoms with Crippen LogP contribution in [0.25, 0.3) is 0 Å². The lowest BCUT2D eigenvalue weighted by Gasteiger charge is -2.48. The molecule has 0 unspecified atom stereocenters. The monoisotopic (exact) mass is 345 g/mol. The highest BCUT2D eigenvalue weighted by molar-refractivity contribution is 5.77. The van der Waals surface area contributed by atoms with Gasteiger partial charge in [0.1, 0.15) is 5.82 Å². The molecule has 1 atom stereocenters. The summed E-state index contributed by atoms with van der Waals surface area (Å²) in [7, 11) is 0. The maximum atomic E-state index is 12.4.